The van der Waals surface area contributed by atoms with Crippen LogP contribution >= 0.6 is 0 Å². The van der Waals surface area contributed by atoms with Crippen molar-refractivity contribution in [2.45, 2.75) is 24.9 Å². The fraction of sp³-hybridized carbons (Fsp3) is 0.417. The molecule has 0 heterocycles. The summed E-state index contributed by atoms with van der Waals surface area (Å²) in [6, 6.07) is 2.60. The van der Waals surface area contributed by atoms with Gasteiger partial charge in [-0.15, -0.1) is 0 Å². The third-order valence-electron chi connectivity index (χ3n) is 2.98. The summed E-state index contributed by atoms with van der Waals surface area (Å²) in [6.45, 7) is 0. The van der Waals surface area contributed by atoms with Crippen LogP contribution in [0.4, 0.5) is 18.9 Å². The molecule has 0 fully saturated rings. The number of halogens is 3. The Morgan fingerprint density at radius 2 is 1.88 bits per heavy atom. The summed E-state index contributed by atoms with van der Waals surface area (Å²) in [4.78, 5) is 12.0. The molecule has 12 heteroatoms. The summed E-state index contributed by atoms with van der Waals surface area (Å²) < 4.78 is 72.5. The summed E-state index contributed by atoms with van der Waals surface area (Å²) >= 11 is 0. The second kappa shape index (κ2) is 7.47. The van der Waals surface area contributed by atoms with E-state index in [1.807, 2.05) is 0 Å². The summed E-state index contributed by atoms with van der Waals surface area (Å²) in [6.07, 6.45) is -8.40. The van der Waals surface area contributed by atoms with Gasteiger partial charge in [0.05, 0.1) is 21.3 Å². The highest BCUT2D eigenvalue weighted by Crippen LogP contribution is 2.27. The molecule has 0 aliphatic carbocycles. The predicted octanol–water partition coefficient (Wildman–Crippen LogP) is 0.581. The topological polar surface area (TPSA) is 107 Å². The van der Waals surface area contributed by atoms with Crippen LogP contribution in [0.25, 0.3) is 0 Å². The number of hydrogen-bond donors (Lipinski definition) is 2. The van der Waals surface area contributed by atoms with E-state index in [1.54, 1.807) is 0 Å². The molecule has 1 aromatic carbocycles. The zero-order valence-electron chi connectivity index (χ0n) is 12.2. The van der Waals surface area contributed by atoms with Crippen molar-refractivity contribution in [1.82, 2.24) is 0 Å². The Hall–Kier alpha value is -1.68. The van der Waals surface area contributed by atoms with Crippen LogP contribution < -0.4 is 5.73 Å². The number of alkyl halides is 3. The Morgan fingerprint density at radius 3 is 2.29 bits per heavy atom. The highest BCUT2D eigenvalue weighted by atomic mass is 32.2. The van der Waals surface area contributed by atoms with Crippen molar-refractivity contribution in [2.75, 3.05) is 11.5 Å². The van der Waals surface area contributed by atoms with E-state index in [-0.39, 0.29) is 23.9 Å². The fourth-order valence-corrected chi connectivity index (χ4v) is 2.45. The first-order valence-electron chi connectivity index (χ1n) is 6.43. The first-order valence-corrected chi connectivity index (χ1v) is 8.04. The zero-order valence-corrected chi connectivity index (χ0v) is 13.0. The van der Waals surface area contributed by atoms with E-state index >= 15 is 0 Å². The predicted molar refractivity (Wildman–Crippen MR) is 81.4 cm³/mol. The number of nitrogen functional groups attached to an aromatic ring is 1. The van der Waals surface area contributed by atoms with Gasteiger partial charge in [-0.05, 0) is 11.6 Å². The standard InChI is InChI=1S/C12H12B2F3NO5S/c13-3-6-1-7(4-14)10(18)8(2-6)11(19)23-9(12(15,16)17)5-24(20,21)22/h1-2,9H,3-5,18H2,(H,20,21,22). The molecule has 0 aromatic heterocycles. The molecular formula is C12H12B2F3NO5S. The van der Waals surface area contributed by atoms with Gasteiger partial charge in [-0.2, -0.15) is 21.6 Å². The van der Waals surface area contributed by atoms with E-state index in [9.17, 15) is 26.4 Å². The van der Waals surface area contributed by atoms with Gasteiger partial charge < -0.3 is 10.5 Å². The molecule has 0 saturated carbocycles. The fourth-order valence-electron chi connectivity index (χ4n) is 1.81. The van der Waals surface area contributed by atoms with Crippen molar-refractivity contribution < 1.29 is 35.7 Å². The highest BCUT2D eigenvalue weighted by Gasteiger charge is 2.45. The van der Waals surface area contributed by atoms with E-state index in [4.69, 9.17) is 26.0 Å². The third-order valence-corrected chi connectivity index (χ3v) is 3.70. The van der Waals surface area contributed by atoms with Crippen LogP contribution in [-0.2, 0) is 27.5 Å². The Balaban J connectivity index is 3.21. The molecule has 0 aliphatic heterocycles. The molecule has 0 amide bonds. The van der Waals surface area contributed by atoms with Crippen LogP contribution in [0.1, 0.15) is 21.5 Å². The van der Waals surface area contributed by atoms with Crippen molar-refractivity contribution in [2.24, 2.45) is 0 Å². The Labute approximate surface area is 139 Å². The second-order valence-electron chi connectivity index (χ2n) is 4.81. The van der Waals surface area contributed by atoms with Gasteiger partial charge in [-0.25, -0.2) is 4.79 Å². The van der Waals surface area contributed by atoms with Crippen molar-refractivity contribution in [3.63, 3.8) is 0 Å². The maximum atomic E-state index is 12.8. The smallest absolute Gasteiger partial charge is 0.426 e. The number of carbonyl (C=O) groups is 1. The lowest BCUT2D eigenvalue weighted by Crippen LogP contribution is -2.39. The minimum atomic E-state index is -5.21. The molecule has 1 aromatic rings. The Morgan fingerprint density at radius 1 is 1.29 bits per heavy atom. The number of ether oxygens (including phenoxy) is 1. The summed E-state index contributed by atoms with van der Waals surface area (Å²) in [7, 11) is 5.81. The maximum absolute atomic E-state index is 12.8. The van der Waals surface area contributed by atoms with Crippen LogP contribution in [-0.4, -0.2) is 52.7 Å². The van der Waals surface area contributed by atoms with Gasteiger partial charge in [0.15, 0.2) is 0 Å². The lowest BCUT2D eigenvalue weighted by Gasteiger charge is -2.20. The summed E-state index contributed by atoms with van der Waals surface area (Å²) in [5.41, 5.74) is 5.67. The van der Waals surface area contributed by atoms with Crippen molar-refractivity contribution in [3.8, 4) is 0 Å². The minimum absolute atomic E-state index is 0.0404. The van der Waals surface area contributed by atoms with E-state index in [1.165, 1.54) is 6.07 Å². The largest absolute Gasteiger partial charge is 0.448 e. The van der Waals surface area contributed by atoms with E-state index in [2.05, 4.69) is 4.74 Å². The lowest BCUT2D eigenvalue weighted by atomic mass is 9.88. The third kappa shape index (κ3) is 5.45. The normalized spacial score (nSPS) is 13.5. The van der Waals surface area contributed by atoms with Gasteiger partial charge in [0.2, 0.25) is 6.10 Å². The number of benzene rings is 1. The summed E-state index contributed by atoms with van der Waals surface area (Å²) in [5, 5.41) is 0. The number of carbonyl (C=O) groups excluding carboxylic acids is 1. The van der Waals surface area contributed by atoms with Crippen LogP contribution in [0.5, 0.6) is 0 Å². The average Bonchev–Trinajstić information content (AvgIpc) is 2.44. The molecule has 0 spiro atoms. The van der Waals surface area contributed by atoms with Gasteiger partial charge in [0, 0.05) is 5.69 Å². The molecule has 128 valence electrons. The molecule has 4 radical (unpaired) electrons. The molecule has 3 N–H and O–H groups in total. The number of rotatable bonds is 6. The van der Waals surface area contributed by atoms with Crippen LogP contribution in [0, 0.1) is 0 Å². The average molecular weight is 361 g/mol. The Bertz CT molecular complexity index is 724. The molecule has 1 atom stereocenters. The monoisotopic (exact) mass is 361 g/mol. The van der Waals surface area contributed by atoms with Gasteiger partial charge in [-0.1, -0.05) is 24.3 Å². The lowest BCUT2D eigenvalue weighted by molar-refractivity contribution is -0.197. The second-order valence-corrected chi connectivity index (χ2v) is 6.31. The Kier molecular flexibility index (Phi) is 6.34. The maximum Gasteiger partial charge on any atom is 0.426 e. The van der Waals surface area contributed by atoms with Crippen molar-refractivity contribution >= 4 is 37.5 Å². The first kappa shape index (κ1) is 20.4. The quantitative estimate of drug-likeness (QED) is 0.332. The van der Waals surface area contributed by atoms with Gasteiger partial charge in [0.1, 0.15) is 5.75 Å². The van der Waals surface area contributed by atoms with E-state index < -0.39 is 39.7 Å². The number of nitrogens with two attached hydrogens (primary N) is 1. The zero-order chi connectivity index (χ0) is 18.7. The van der Waals surface area contributed by atoms with Gasteiger partial charge in [-0.3, -0.25) is 4.55 Å². The highest BCUT2D eigenvalue weighted by molar-refractivity contribution is 7.85. The van der Waals surface area contributed by atoms with Gasteiger partial charge >= 0.3 is 12.1 Å². The molecule has 0 bridgehead atoms. The van der Waals surface area contributed by atoms with Gasteiger partial charge in [0.25, 0.3) is 10.1 Å². The molecule has 1 unspecified atom stereocenters. The summed E-state index contributed by atoms with van der Waals surface area (Å²) in [5.74, 6) is -3.34. The molecule has 24 heavy (non-hydrogen) atoms. The molecular weight excluding hydrogens is 349 g/mol. The first-order chi connectivity index (χ1) is 10.9. The molecule has 1 rings (SSSR count). The van der Waals surface area contributed by atoms with Crippen molar-refractivity contribution in [3.05, 3.63) is 28.8 Å². The van der Waals surface area contributed by atoms with Crippen molar-refractivity contribution in [1.29, 1.82) is 0 Å². The SMILES string of the molecule is [B]Cc1cc(C[B])c(N)c(C(=O)OC(CS(=O)(=O)O)C(F)(F)F)c1. The van der Waals surface area contributed by atoms with Crippen LogP contribution in [0.3, 0.4) is 0 Å². The number of anilines is 1. The van der Waals surface area contributed by atoms with E-state index in [0.29, 0.717) is 5.56 Å². The number of hydrogen-bond acceptors (Lipinski definition) is 5. The number of esters is 1. The minimum Gasteiger partial charge on any atom is -0.448 e. The van der Waals surface area contributed by atoms with Crippen LogP contribution in [0.15, 0.2) is 12.1 Å². The van der Waals surface area contributed by atoms with E-state index in [0.717, 1.165) is 6.07 Å². The van der Waals surface area contributed by atoms with Crippen LogP contribution in [0.2, 0.25) is 0 Å². The molecule has 0 saturated heterocycles. The molecule has 6 nitrogen and oxygen atoms in total. The molecule has 0 aliphatic rings.